The molecule has 0 amide bonds. The highest BCUT2D eigenvalue weighted by Gasteiger charge is 2.66. The summed E-state index contributed by atoms with van der Waals surface area (Å²) in [6.07, 6.45) is 2.09. The van der Waals surface area contributed by atoms with Gasteiger partial charge in [0, 0.05) is 27.9 Å². The van der Waals surface area contributed by atoms with Crippen LogP contribution < -0.4 is 4.74 Å². The van der Waals surface area contributed by atoms with Crippen molar-refractivity contribution < 1.29 is 9.84 Å². The SMILES string of the molecule is C[C@H]1c2c([nH]c3ccccc23)[C@@H]2Oc3c(O)ccc4c3[C@@]23CCN(C)[C@H](C4)[C@H]13. The van der Waals surface area contributed by atoms with Crippen molar-refractivity contribution in [1.82, 2.24) is 9.88 Å². The summed E-state index contributed by atoms with van der Waals surface area (Å²) >= 11 is 0. The fraction of sp³-hybridized carbons (Fsp3) is 0.417. The van der Waals surface area contributed by atoms with Crippen LogP contribution in [-0.4, -0.2) is 34.6 Å². The maximum Gasteiger partial charge on any atom is 0.166 e. The second-order valence-corrected chi connectivity index (χ2v) is 9.30. The molecule has 2 aromatic carbocycles. The van der Waals surface area contributed by atoms with E-state index in [0.29, 0.717) is 23.6 Å². The van der Waals surface area contributed by atoms with Crippen molar-refractivity contribution in [3.63, 3.8) is 0 Å². The molecule has 3 heterocycles. The predicted octanol–water partition coefficient (Wildman–Crippen LogP) is 4.24. The summed E-state index contributed by atoms with van der Waals surface area (Å²) < 4.78 is 6.65. The zero-order chi connectivity index (χ0) is 18.8. The van der Waals surface area contributed by atoms with Gasteiger partial charge in [-0.25, -0.2) is 0 Å². The van der Waals surface area contributed by atoms with Gasteiger partial charge in [-0.15, -0.1) is 0 Å². The van der Waals surface area contributed by atoms with Gasteiger partial charge in [-0.1, -0.05) is 31.2 Å². The third-order valence-electron chi connectivity index (χ3n) is 8.31. The molecule has 4 heteroatoms. The number of aromatic amines is 1. The fourth-order valence-electron chi connectivity index (χ4n) is 7.34. The Kier molecular flexibility index (Phi) is 2.62. The number of para-hydroxylation sites is 1. The van der Waals surface area contributed by atoms with Crippen LogP contribution in [0.5, 0.6) is 11.5 Å². The molecule has 28 heavy (non-hydrogen) atoms. The van der Waals surface area contributed by atoms with E-state index in [-0.39, 0.29) is 11.5 Å². The van der Waals surface area contributed by atoms with E-state index in [4.69, 9.17) is 4.74 Å². The van der Waals surface area contributed by atoms with Gasteiger partial charge in [0.05, 0.1) is 5.69 Å². The number of nitrogens with zero attached hydrogens (tertiary/aromatic N) is 1. The molecule has 0 radical (unpaired) electrons. The molecule has 0 saturated carbocycles. The average molecular weight is 372 g/mol. The Bertz CT molecular complexity index is 1160. The Morgan fingerprint density at radius 1 is 1.21 bits per heavy atom. The van der Waals surface area contributed by atoms with E-state index in [1.165, 1.54) is 33.3 Å². The molecular weight excluding hydrogens is 348 g/mol. The average Bonchev–Trinajstić information content (AvgIpc) is 3.24. The summed E-state index contributed by atoms with van der Waals surface area (Å²) in [6.45, 7) is 3.50. The molecule has 0 unspecified atom stereocenters. The number of aromatic hydroxyl groups is 1. The molecule has 142 valence electrons. The molecule has 3 aromatic rings. The third-order valence-corrected chi connectivity index (χ3v) is 8.31. The van der Waals surface area contributed by atoms with E-state index < -0.39 is 0 Å². The summed E-state index contributed by atoms with van der Waals surface area (Å²) in [7, 11) is 2.28. The van der Waals surface area contributed by atoms with E-state index in [1.807, 2.05) is 6.07 Å². The lowest BCUT2D eigenvalue weighted by molar-refractivity contribution is -0.0369. The number of likely N-dealkylation sites (N-methyl/N-ethyl adjacent to an activating group) is 1. The second-order valence-electron chi connectivity index (χ2n) is 9.30. The van der Waals surface area contributed by atoms with E-state index in [2.05, 4.69) is 54.2 Å². The summed E-state index contributed by atoms with van der Waals surface area (Å²) in [4.78, 5) is 6.29. The minimum atomic E-state index is -0.0356. The number of H-pyrrole nitrogens is 1. The normalized spacial score (nSPS) is 34.8. The Morgan fingerprint density at radius 3 is 2.96 bits per heavy atom. The summed E-state index contributed by atoms with van der Waals surface area (Å²) in [6, 6.07) is 13.1. The molecule has 5 atom stereocenters. The zero-order valence-electron chi connectivity index (χ0n) is 16.2. The van der Waals surface area contributed by atoms with Gasteiger partial charge in [-0.2, -0.15) is 0 Å². The van der Waals surface area contributed by atoms with E-state index in [9.17, 15) is 5.11 Å². The highest BCUT2D eigenvalue weighted by molar-refractivity contribution is 5.86. The van der Waals surface area contributed by atoms with Crippen molar-refractivity contribution in [3.05, 3.63) is 58.8 Å². The van der Waals surface area contributed by atoms with Crippen LogP contribution in [0.25, 0.3) is 10.9 Å². The maximum atomic E-state index is 10.7. The number of phenolic OH excluding ortho intramolecular Hbond substituents is 1. The Balaban J connectivity index is 1.61. The first-order valence-corrected chi connectivity index (χ1v) is 10.4. The fourth-order valence-corrected chi connectivity index (χ4v) is 7.34. The van der Waals surface area contributed by atoms with Crippen molar-refractivity contribution in [1.29, 1.82) is 0 Å². The second kappa shape index (κ2) is 4.74. The van der Waals surface area contributed by atoms with Crippen LogP contribution in [0.3, 0.4) is 0 Å². The standard InChI is InChI=1S/C24H24N2O2/c1-12-18-14-5-3-4-6-15(14)25-21(18)23-24-9-10-26(2)16(19(12)24)11-13-7-8-17(27)22(28-23)20(13)24/h3-8,12,16,19,23,25,27H,9-11H2,1-2H3/t12-,16+,19-,23-,24-/m0/s1. The number of piperidine rings is 1. The number of ether oxygens (including phenoxy) is 1. The number of phenols is 1. The smallest absolute Gasteiger partial charge is 0.166 e. The summed E-state index contributed by atoms with van der Waals surface area (Å²) in [5, 5.41) is 12.0. The van der Waals surface area contributed by atoms with Crippen LogP contribution in [0.2, 0.25) is 0 Å². The van der Waals surface area contributed by atoms with Crippen LogP contribution in [0.15, 0.2) is 36.4 Å². The number of nitrogens with one attached hydrogen (secondary N) is 1. The third kappa shape index (κ3) is 1.49. The zero-order valence-corrected chi connectivity index (χ0v) is 16.2. The first-order chi connectivity index (χ1) is 13.6. The van der Waals surface area contributed by atoms with E-state index in [0.717, 1.165) is 25.1 Å². The van der Waals surface area contributed by atoms with Gasteiger partial charge >= 0.3 is 0 Å². The van der Waals surface area contributed by atoms with Gasteiger partial charge < -0.3 is 19.7 Å². The highest BCUT2D eigenvalue weighted by Crippen LogP contribution is 2.69. The quantitative estimate of drug-likeness (QED) is 0.621. The van der Waals surface area contributed by atoms with Crippen molar-refractivity contribution in [2.45, 2.75) is 43.2 Å². The lowest BCUT2D eigenvalue weighted by Crippen LogP contribution is -2.62. The first-order valence-electron chi connectivity index (χ1n) is 10.4. The molecule has 1 fully saturated rings. The van der Waals surface area contributed by atoms with Gasteiger partial charge in [0.15, 0.2) is 11.5 Å². The van der Waals surface area contributed by atoms with Crippen molar-refractivity contribution in [3.8, 4) is 11.5 Å². The Hall–Kier alpha value is -2.46. The van der Waals surface area contributed by atoms with Gasteiger partial charge in [0.25, 0.3) is 0 Å². The van der Waals surface area contributed by atoms with Crippen LogP contribution in [0.4, 0.5) is 0 Å². The number of hydrogen-bond acceptors (Lipinski definition) is 3. The molecule has 2 aliphatic carbocycles. The van der Waals surface area contributed by atoms with Crippen molar-refractivity contribution >= 4 is 10.9 Å². The van der Waals surface area contributed by atoms with Crippen LogP contribution >= 0.6 is 0 Å². The highest BCUT2D eigenvalue weighted by atomic mass is 16.5. The minimum Gasteiger partial charge on any atom is -0.504 e. The van der Waals surface area contributed by atoms with Gasteiger partial charge in [0.2, 0.25) is 0 Å². The van der Waals surface area contributed by atoms with Crippen molar-refractivity contribution in [2.75, 3.05) is 13.6 Å². The molecule has 4 aliphatic rings. The topological polar surface area (TPSA) is 48.5 Å². The first kappa shape index (κ1) is 15.5. The number of hydrogen-bond donors (Lipinski definition) is 2. The van der Waals surface area contributed by atoms with E-state index >= 15 is 0 Å². The molecule has 2 bridgehead atoms. The number of fused-ring (bicyclic) bond motifs is 4. The number of aromatic nitrogens is 1. The molecule has 2 aliphatic heterocycles. The number of rotatable bonds is 0. The Labute approximate surface area is 164 Å². The van der Waals surface area contributed by atoms with Gasteiger partial charge in [-0.05, 0) is 61.5 Å². The van der Waals surface area contributed by atoms with Gasteiger partial charge in [0.1, 0.15) is 6.10 Å². The maximum absolute atomic E-state index is 10.7. The molecule has 2 N–H and O–H groups in total. The predicted molar refractivity (Wildman–Crippen MR) is 108 cm³/mol. The summed E-state index contributed by atoms with van der Waals surface area (Å²) in [5.41, 5.74) is 6.50. The lowest BCUT2D eigenvalue weighted by atomic mass is 9.49. The van der Waals surface area contributed by atoms with Crippen LogP contribution in [0.1, 0.15) is 47.8 Å². The molecule has 1 aromatic heterocycles. The van der Waals surface area contributed by atoms with Crippen molar-refractivity contribution in [2.24, 2.45) is 5.92 Å². The molecular formula is C24H24N2O2. The molecule has 1 spiro atoms. The van der Waals surface area contributed by atoms with Crippen LogP contribution in [-0.2, 0) is 11.8 Å². The lowest BCUT2D eigenvalue weighted by Gasteiger charge is -2.59. The minimum absolute atomic E-state index is 0.0327. The summed E-state index contributed by atoms with van der Waals surface area (Å²) in [5.74, 6) is 1.98. The monoisotopic (exact) mass is 372 g/mol. The number of benzene rings is 2. The van der Waals surface area contributed by atoms with Gasteiger partial charge in [-0.3, -0.25) is 0 Å². The number of likely N-dealkylation sites (tertiary alicyclic amines) is 1. The van der Waals surface area contributed by atoms with E-state index in [1.54, 1.807) is 0 Å². The largest absolute Gasteiger partial charge is 0.504 e. The molecule has 4 nitrogen and oxygen atoms in total. The Morgan fingerprint density at radius 2 is 2.07 bits per heavy atom. The molecule has 7 rings (SSSR count). The van der Waals surface area contributed by atoms with Crippen LogP contribution in [0, 0.1) is 5.92 Å². The molecule has 1 saturated heterocycles.